The van der Waals surface area contributed by atoms with Crippen molar-refractivity contribution in [2.75, 3.05) is 26.2 Å². The van der Waals surface area contributed by atoms with E-state index in [0.717, 1.165) is 56.2 Å². The number of benzene rings is 1. The van der Waals surface area contributed by atoms with E-state index in [4.69, 9.17) is 4.52 Å². The van der Waals surface area contributed by atoms with Crippen molar-refractivity contribution in [3.63, 3.8) is 0 Å². The minimum Gasteiger partial charge on any atom is -0.361 e. The fourth-order valence-electron chi connectivity index (χ4n) is 3.85. The number of nitrogens with zero attached hydrogens (tertiary/aromatic N) is 4. The Bertz CT molecular complexity index is 994. The topological polar surface area (TPSA) is 79.0 Å². The van der Waals surface area contributed by atoms with Gasteiger partial charge in [-0.25, -0.2) is 0 Å². The van der Waals surface area contributed by atoms with Gasteiger partial charge in [0, 0.05) is 50.3 Å². The van der Waals surface area contributed by atoms with Crippen LogP contribution in [0.5, 0.6) is 0 Å². The molecule has 1 aromatic carbocycles. The van der Waals surface area contributed by atoms with Gasteiger partial charge in [0.25, 0.3) is 10.0 Å². The lowest BCUT2D eigenvalue weighted by atomic mass is 10.2. The predicted octanol–water partition coefficient (Wildman–Crippen LogP) is 2.21. The van der Waals surface area contributed by atoms with Crippen molar-refractivity contribution in [2.45, 2.75) is 36.6 Å². The number of sulfonamides is 1. The zero-order valence-electron chi connectivity index (χ0n) is 15.0. The summed E-state index contributed by atoms with van der Waals surface area (Å²) in [6.45, 7) is 4.10. The van der Waals surface area contributed by atoms with E-state index in [-0.39, 0.29) is 0 Å². The van der Waals surface area contributed by atoms with Crippen molar-refractivity contribution in [1.82, 2.24) is 15.0 Å². The maximum Gasteiger partial charge on any atom is 0.285 e. The van der Waals surface area contributed by atoms with Gasteiger partial charge in [-0.3, -0.25) is 4.90 Å². The Kier molecular flexibility index (Phi) is 4.05. The monoisotopic (exact) mass is 386 g/mol. The van der Waals surface area contributed by atoms with Crippen molar-refractivity contribution in [2.24, 2.45) is 4.40 Å². The third kappa shape index (κ3) is 3.27. The second-order valence-corrected chi connectivity index (χ2v) is 9.07. The molecule has 2 aromatic rings. The van der Waals surface area contributed by atoms with Gasteiger partial charge in [0.1, 0.15) is 10.7 Å². The van der Waals surface area contributed by atoms with E-state index in [1.165, 1.54) is 12.8 Å². The lowest BCUT2D eigenvalue weighted by molar-refractivity contribution is 0.267. The average molecular weight is 386 g/mol. The highest BCUT2D eigenvalue weighted by Gasteiger charge is 2.32. The Morgan fingerprint density at radius 1 is 1.11 bits per heavy atom. The van der Waals surface area contributed by atoms with Crippen LogP contribution >= 0.6 is 0 Å². The number of amidine groups is 1. The highest BCUT2D eigenvalue weighted by molar-refractivity contribution is 7.90. The van der Waals surface area contributed by atoms with Crippen LogP contribution < -0.4 is 0 Å². The highest BCUT2D eigenvalue weighted by atomic mass is 32.2. The SMILES string of the molecule is O=S1(=O)N=C(N2CCCN(Cc3cc(C4CC4)on3)CC2)c2ccccc21. The average Bonchev–Trinajstić information content (AvgIpc) is 3.39. The second-order valence-electron chi connectivity index (χ2n) is 7.50. The molecule has 0 spiro atoms. The van der Waals surface area contributed by atoms with Crippen molar-refractivity contribution in [1.29, 1.82) is 0 Å². The molecule has 8 heteroatoms. The number of hydrogen-bond acceptors (Lipinski definition) is 6. The second kappa shape index (κ2) is 6.45. The molecule has 1 aliphatic carbocycles. The molecule has 7 nitrogen and oxygen atoms in total. The van der Waals surface area contributed by atoms with Crippen LogP contribution in [-0.2, 0) is 16.6 Å². The van der Waals surface area contributed by atoms with Crippen molar-refractivity contribution in [3.8, 4) is 0 Å². The fourth-order valence-corrected chi connectivity index (χ4v) is 5.08. The van der Waals surface area contributed by atoms with Crippen molar-refractivity contribution < 1.29 is 12.9 Å². The molecule has 5 rings (SSSR count). The highest BCUT2D eigenvalue weighted by Crippen LogP contribution is 2.40. The standard InChI is InChI=1S/C19H22N4O3S/c24-27(25)18-5-2-1-4-16(18)19(21-27)23-9-3-8-22(10-11-23)13-15-12-17(26-20-15)14-6-7-14/h1-2,4-5,12,14H,3,6-11,13H2. The van der Waals surface area contributed by atoms with Crippen LogP contribution in [0.15, 0.2) is 44.1 Å². The third-order valence-electron chi connectivity index (χ3n) is 5.44. The summed E-state index contributed by atoms with van der Waals surface area (Å²) in [5, 5.41) is 4.21. The van der Waals surface area contributed by atoms with E-state index in [1.54, 1.807) is 12.1 Å². The third-order valence-corrected chi connectivity index (χ3v) is 6.77. The lowest BCUT2D eigenvalue weighted by Crippen LogP contribution is -2.35. The molecular formula is C19H22N4O3S. The molecule has 0 amide bonds. The smallest absolute Gasteiger partial charge is 0.285 e. The quantitative estimate of drug-likeness (QED) is 0.805. The fraction of sp³-hybridized carbons (Fsp3) is 0.474. The predicted molar refractivity (Wildman–Crippen MR) is 100 cm³/mol. The first kappa shape index (κ1) is 16.9. The van der Waals surface area contributed by atoms with E-state index >= 15 is 0 Å². The summed E-state index contributed by atoms with van der Waals surface area (Å²) < 4.78 is 34.1. The molecule has 1 saturated heterocycles. The minimum absolute atomic E-state index is 0.316. The van der Waals surface area contributed by atoms with Crippen LogP contribution in [0, 0.1) is 0 Å². The minimum atomic E-state index is -3.57. The molecule has 27 heavy (non-hydrogen) atoms. The van der Waals surface area contributed by atoms with Gasteiger partial charge in [-0.05, 0) is 31.4 Å². The lowest BCUT2D eigenvalue weighted by Gasteiger charge is -2.23. The van der Waals surface area contributed by atoms with E-state index in [9.17, 15) is 8.42 Å². The van der Waals surface area contributed by atoms with Crippen LogP contribution in [0.2, 0.25) is 0 Å². The Morgan fingerprint density at radius 3 is 2.81 bits per heavy atom. The molecule has 2 fully saturated rings. The number of hydrogen-bond donors (Lipinski definition) is 0. The van der Waals surface area contributed by atoms with E-state index in [2.05, 4.69) is 25.4 Å². The summed E-state index contributed by atoms with van der Waals surface area (Å²) in [5.74, 6) is 2.18. The van der Waals surface area contributed by atoms with Crippen molar-refractivity contribution >= 4 is 15.9 Å². The maximum atomic E-state index is 12.3. The number of fused-ring (bicyclic) bond motifs is 1. The molecule has 0 unspecified atom stereocenters. The molecule has 0 bridgehead atoms. The van der Waals surface area contributed by atoms with Gasteiger partial charge < -0.3 is 9.42 Å². The van der Waals surface area contributed by atoms with Crippen LogP contribution in [0.25, 0.3) is 0 Å². The van der Waals surface area contributed by atoms with Gasteiger partial charge in [-0.1, -0.05) is 17.3 Å². The normalized spacial score (nSPS) is 22.4. The zero-order chi connectivity index (χ0) is 18.4. The van der Waals surface area contributed by atoms with Crippen LogP contribution in [0.4, 0.5) is 0 Å². The van der Waals surface area contributed by atoms with Gasteiger partial charge in [0.2, 0.25) is 0 Å². The Hall–Kier alpha value is -2.19. The Balaban J connectivity index is 1.29. The van der Waals surface area contributed by atoms with Gasteiger partial charge in [0.15, 0.2) is 5.84 Å². The van der Waals surface area contributed by atoms with Gasteiger partial charge in [0.05, 0.1) is 5.69 Å². The first-order chi connectivity index (χ1) is 13.1. The first-order valence-corrected chi connectivity index (χ1v) is 10.9. The molecule has 0 atom stereocenters. The van der Waals surface area contributed by atoms with Crippen molar-refractivity contribution in [3.05, 3.63) is 47.3 Å². The summed E-state index contributed by atoms with van der Waals surface area (Å²) in [5.41, 5.74) is 1.70. The first-order valence-electron chi connectivity index (χ1n) is 9.47. The molecule has 0 N–H and O–H groups in total. The summed E-state index contributed by atoms with van der Waals surface area (Å²) in [4.78, 5) is 4.77. The summed E-state index contributed by atoms with van der Waals surface area (Å²) in [6.07, 6.45) is 3.37. The molecule has 1 aromatic heterocycles. The van der Waals surface area contributed by atoms with Crippen LogP contribution in [0.1, 0.15) is 42.2 Å². The van der Waals surface area contributed by atoms with Gasteiger partial charge >= 0.3 is 0 Å². The molecule has 2 aliphatic heterocycles. The number of rotatable bonds is 3. The van der Waals surface area contributed by atoms with E-state index in [0.29, 0.717) is 16.6 Å². The molecule has 0 radical (unpaired) electrons. The zero-order valence-corrected chi connectivity index (χ0v) is 15.9. The van der Waals surface area contributed by atoms with E-state index < -0.39 is 10.0 Å². The Labute approximate surface area is 158 Å². The molecule has 1 saturated carbocycles. The number of aromatic nitrogens is 1. The Morgan fingerprint density at radius 2 is 1.96 bits per heavy atom. The molecule has 142 valence electrons. The van der Waals surface area contributed by atoms with Crippen LogP contribution in [-0.4, -0.2) is 55.4 Å². The van der Waals surface area contributed by atoms with Crippen LogP contribution in [0.3, 0.4) is 0 Å². The van der Waals surface area contributed by atoms with Gasteiger partial charge in [-0.15, -0.1) is 4.40 Å². The largest absolute Gasteiger partial charge is 0.361 e. The maximum absolute atomic E-state index is 12.3. The molecular weight excluding hydrogens is 364 g/mol. The summed E-state index contributed by atoms with van der Waals surface area (Å²) in [6, 6.07) is 9.17. The molecule has 3 aliphatic rings. The summed E-state index contributed by atoms with van der Waals surface area (Å²) >= 11 is 0. The molecule has 3 heterocycles. The summed E-state index contributed by atoms with van der Waals surface area (Å²) in [7, 11) is -3.57. The van der Waals surface area contributed by atoms with Gasteiger partial charge in [-0.2, -0.15) is 8.42 Å². The van der Waals surface area contributed by atoms with E-state index in [1.807, 2.05) is 12.1 Å².